The molecule has 2 N–H and O–H groups in total. The van der Waals surface area contributed by atoms with Crippen LogP contribution in [0.5, 0.6) is 0 Å². The second kappa shape index (κ2) is 7.00. The second-order valence-corrected chi connectivity index (χ2v) is 7.23. The van der Waals surface area contributed by atoms with Crippen LogP contribution in [-0.4, -0.2) is 61.0 Å². The van der Waals surface area contributed by atoms with Crippen LogP contribution in [0.3, 0.4) is 0 Å². The number of nitrogens with one attached hydrogen (secondary N) is 1. The minimum Gasteiger partial charge on any atom is -0.480 e. The molecule has 9 heteroatoms. The summed E-state index contributed by atoms with van der Waals surface area (Å²) in [6.07, 6.45) is 1.83. The van der Waals surface area contributed by atoms with Gasteiger partial charge in [0.05, 0.1) is 6.54 Å². The van der Waals surface area contributed by atoms with Crippen LogP contribution in [0.4, 0.5) is 5.82 Å². The summed E-state index contributed by atoms with van der Waals surface area (Å²) >= 11 is 1.61. The Balaban J connectivity index is 1.44. The molecule has 0 aromatic carbocycles. The van der Waals surface area contributed by atoms with E-state index in [4.69, 9.17) is 5.11 Å². The van der Waals surface area contributed by atoms with Crippen molar-refractivity contribution in [1.29, 1.82) is 0 Å². The molecule has 0 amide bonds. The first-order valence-electron chi connectivity index (χ1n) is 8.61. The monoisotopic (exact) mass is 372 g/mol. The van der Waals surface area contributed by atoms with Gasteiger partial charge in [-0.25, -0.2) is 0 Å². The summed E-state index contributed by atoms with van der Waals surface area (Å²) in [5, 5.41) is 29.5. The number of fused-ring (bicyclic) bond motifs is 1. The number of carbonyl (C=O) groups is 1. The summed E-state index contributed by atoms with van der Waals surface area (Å²) < 4.78 is 1.75. The van der Waals surface area contributed by atoms with Crippen LogP contribution in [0.1, 0.15) is 19.8 Å². The van der Waals surface area contributed by atoms with Gasteiger partial charge in [0.15, 0.2) is 11.5 Å². The van der Waals surface area contributed by atoms with Crippen molar-refractivity contribution in [1.82, 2.24) is 24.7 Å². The highest BCUT2D eigenvalue weighted by Crippen LogP contribution is 2.28. The normalized spacial score (nSPS) is 19.6. The van der Waals surface area contributed by atoms with Crippen LogP contribution in [0, 0.1) is 0 Å². The molecule has 3 heterocycles. The van der Waals surface area contributed by atoms with E-state index in [-0.39, 0.29) is 6.54 Å². The first kappa shape index (κ1) is 16.9. The lowest BCUT2D eigenvalue weighted by Crippen LogP contribution is -2.51. The Morgan fingerprint density at radius 1 is 1.38 bits per heavy atom. The molecule has 8 nitrogen and oxygen atoms in total. The Morgan fingerprint density at radius 3 is 2.92 bits per heavy atom. The molecule has 0 saturated heterocycles. The first-order chi connectivity index (χ1) is 12.6. The molecule has 1 aliphatic carbocycles. The molecule has 0 atom stereocenters. The van der Waals surface area contributed by atoms with Gasteiger partial charge in [-0.1, -0.05) is 6.92 Å². The van der Waals surface area contributed by atoms with Crippen molar-refractivity contribution < 1.29 is 9.90 Å². The maximum atomic E-state index is 10.9. The first-order valence-corrected chi connectivity index (χ1v) is 9.55. The Hall–Kier alpha value is -2.52. The molecule has 0 spiro atoms. The smallest absolute Gasteiger partial charge is 0.317 e. The van der Waals surface area contributed by atoms with Crippen LogP contribution in [0.2, 0.25) is 0 Å². The average Bonchev–Trinajstić information content (AvgIpc) is 3.24. The second-order valence-electron chi connectivity index (χ2n) is 6.45. The fourth-order valence-corrected chi connectivity index (χ4v) is 3.96. The molecular weight excluding hydrogens is 352 g/mol. The van der Waals surface area contributed by atoms with Gasteiger partial charge in [-0.2, -0.15) is 15.9 Å². The molecule has 26 heavy (non-hydrogen) atoms. The molecule has 3 aromatic heterocycles. The maximum Gasteiger partial charge on any atom is 0.317 e. The number of aliphatic carboxylic acids is 1. The molecule has 3 aromatic rings. The molecule has 0 radical (unpaired) electrons. The molecule has 1 fully saturated rings. The number of likely N-dealkylation sites (N-methyl/N-ethyl adjacent to an activating group) is 1. The van der Waals surface area contributed by atoms with Gasteiger partial charge in [-0.05, 0) is 43.0 Å². The largest absolute Gasteiger partial charge is 0.480 e. The van der Waals surface area contributed by atoms with E-state index in [1.807, 2.05) is 40.8 Å². The van der Waals surface area contributed by atoms with Crippen molar-refractivity contribution >= 4 is 28.8 Å². The van der Waals surface area contributed by atoms with E-state index in [2.05, 4.69) is 20.6 Å². The van der Waals surface area contributed by atoms with Gasteiger partial charge in [0.25, 0.3) is 0 Å². The molecule has 0 bridgehead atoms. The van der Waals surface area contributed by atoms with Gasteiger partial charge >= 0.3 is 5.97 Å². The third-order valence-corrected chi connectivity index (χ3v) is 5.45. The highest BCUT2D eigenvalue weighted by Gasteiger charge is 2.34. The highest BCUT2D eigenvalue weighted by molar-refractivity contribution is 7.08. The topological polar surface area (TPSA) is 95.7 Å². The molecule has 1 saturated carbocycles. The van der Waals surface area contributed by atoms with E-state index in [1.54, 1.807) is 15.9 Å². The Labute approximate surface area is 154 Å². The van der Waals surface area contributed by atoms with Crippen LogP contribution in [0.15, 0.2) is 29.0 Å². The van der Waals surface area contributed by atoms with E-state index >= 15 is 0 Å². The van der Waals surface area contributed by atoms with E-state index < -0.39 is 5.97 Å². The molecular formula is C17H20N6O2S. The number of carboxylic acid groups (broad SMARTS) is 1. The van der Waals surface area contributed by atoms with Crippen LogP contribution in [-0.2, 0) is 4.79 Å². The average molecular weight is 372 g/mol. The summed E-state index contributed by atoms with van der Waals surface area (Å²) in [5.41, 5.74) is 1.71. The van der Waals surface area contributed by atoms with E-state index in [9.17, 15) is 4.79 Å². The minimum atomic E-state index is -0.774. The number of aromatic nitrogens is 4. The standard InChI is InChI=1S/C17H20N6O2S/c1-2-22(9-16(24)25)13-7-12(8-13)18-14-3-4-15-19-20-17(23(15)21-14)11-5-6-26-10-11/h3-6,10,12-13H,2,7-9H2,1H3,(H,18,21)(H,24,25). The number of rotatable bonds is 7. The highest BCUT2D eigenvalue weighted by atomic mass is 32.1. The Kier molecular flexibility index (Phi) is 4.56. The van der Waals surface area contributed by atoms with Crippen molar-refractivity contribution in [3.63, 3.8) is 0 Å². The third kappa shape index (κ3) is 3.27. The summed E-state index contributed by atoms with van der Waals surface area (Å²) in [4.78, 5) is 12.9. The Morgan fingerprint density at radius 2 is 2.23 bits per heavy atom. The lowest BCUT2D eigenvalue weighted by Gasteiger charge is -2.42. The number of nitrogens with zero attached hydrogens (tertiary/aromatic N) is 5. The molecule has 0 unspecified atom stereocenters. The van der Waals surface area contributed by atoms with Gasteiger partial charge in [0.2, 0.25) is 0 Å². The fourth-order valence-electron chi connectivity index (χ4n) is 3.32. The number of thiophene rings is 1. The van der Waals surface area contributed by atoms with Crippen LogP contribution in [0.25, 0.3) is 17.0 Å². The van der Waals surface area contributed by atoms with Gasteiger partial charge in [0.1, 0.15) is 5.82 Å². The Bertz CT molecular complexity index is 903. The van der Waals surface area contributed by atoms with E-state index in [1.165, 1.54) is 0 Å². The summed E-state index contributed by atoms with van der Waals surface area (Å²) in [6, 6.07) is 6.42. The van der Waals surface area contributed by atoms with Crippen molar-refractivity contribution in [3.05, 3.63) is 29.0 Å². The predicted octanol–water partition coefficient (Wildman–Crippen LogP) is 2.20. The van der Waals surface area contributed by atoms with E-state index in [0.29, 0.717) is 17.7 Å². The van der Waals surface area contributed by atoms with E-state index in [0.717, 1.165) is 36.6 Å². The SMILES string of the molecule is CCN(CC(=O)O)C1CC(Nc2ccc3nnc(-c4ccsc4)n3n2)C1. The molecule has 136 valence electrons. The summed E-state index contributed by atoms with van der Waals surface area (Å²) in [5.74, 6) is 0.734. The zero-order valence-corrected chi connectivity index (χ0v) is 15.2. The molecule has 4 rings (SSSR count). The van der Waals surface area contributed by atoms with Gasteiger partial charge in [-0.3, -0.25) is 9.69 Å². The zero-order valence-electron chi connectivity index (χ0n) is 14.4. The number of hydrogen-bond acceptors (Lipinski definition) is 7. The predicted molar refractivity (Wildman–Crippen MR) is 99.4 cm³/mol. The van der Waals surface area contributed by atoms with Crippen molar-refractivity contribution in [2.75, 3.05) is 18.4 Å². The summed E-state index contributed by atoms with van der Waals surface area (Å²) in [7, 11) is 0. The quantitative estimate of drug-likeness (QED) is 0.656. The maximum absolute atomic E-state index is 10.9. The zero-order chi connectivity index (χ0) is 18.1. The van der Waals surface area contributed by atoms with Crippen molar-refractivity contribution in [2.45, 2.75) is 31.8 Å². The van der Waals surface area contributed by atoms with Gasteiger partial charge in [0, 0.05) is 23.0 Å². The van der Waals surface area contributed by atoms with Gasteiger partial charge < -0.3 is 10.4 Å². The third-order valence-electron chi connectivity index (χ3n) is 4.77. The fraction of sp³-hybridized carbons (Fsp3) is 0.412. The van der Waals surface area contributed by atoms with Crippen molar-refractivity contribution in [3.8, 4) is 11.4 Å². The molecule has 1 aliphatic rings. The number of hydrogen-bond donors (Lipinski definition) is 2. The van der Waals surface area contributed by atoms with Crippen LogP contribution >= 0.6 is 11.3 Å². The minimum absolute atomic E-state index is 0.100. The number of carboxylic acids is 1. The number of anilines is 1. The summed E-state index contributed by atoms with van der Waals surface area (Å²) in [6.45, 7) is 2.85. The lowest BCUT2D eigenvalue weighted by atomic mass is 9.85. The molecule has 0 aliphatic heterocycles. The van der Waals surface area contributed by atoms with Crippen LogP contribution < -0.4 is 5.32 Å². The van der Waals surface area contributed by atoms with Gasteiger partial charge in [-0.15, -0.1) is 15.3 Å². The lowest BCUT2D eigenvalue weighted by molar-refractivity contribution is -0.139. The van der Waals surface area contributed by atoms with Crippen molar-refractivity contribution in [2.24, 2.45) is 0 Å².